The second-order valence-corrected chi connectivity index (χ2v) is 7.72. The van der Waals surface area contributed by atoms with Gasteiger partial charge in [-0.05, 0) is 49.1 Å². The zero-order valence-electron chi connectivity index (χ0n) is 15.9. The second-order valence-electron chi connectivity index (χ2n) is 7.72. The Morgan fingerprint density at radius 2 is 1.89 bits per heavy atom. The Bertz CT molecular complexity index is 1010. The molecule has 2 heterocycles. The number of aromatic amines is 1. The molecule has 1 aliphatic heterocycles. The summed E-state index contributed by atoms with van der Waals surface area (Å²) in [6, 6.07) is 16.9. The van der Waals surface area contributed by atoms with Crippen LogP contribution in [0.5, 0.6) is 0 Å². The van der Waals surface area contributed by atoms with Crippen LogP contribution in [0, 0.1) is 0 Å². The van der Waals surface area contributed by atoms with E-state index in [-0.39, 0.29) is 17.6 Å². The van der Waals surface area contributed by atoms with Gasteiger partial charge in [-0.3, -0.25) is 5.32 Å². The van der Waals surface area contributed by atoms with Crippen molar-refractivity contribution in [3.8, 4) is 0 Å². The minimum atomic E-state index is -0.350. The van der Waals surface area contributed by atoms with Crippen LogP contribution >= 0.6 is 0 Å². The van der Waals surface area contributed by atoms with Gasteiger partial charge in [-0.1, -0.05) is 42.5 Å². The van der Waals surface area contributed by atoms with E-state index in [1.165, 1.54) is 40.9 Å². The summed E-state index contributed by atoms with van der Waals surface area (Å²) in [5, 5.41) is 5.09. The van der Waals surface area contributed by atoms with Gasteiger partial charge in [0, 0.05) is 28.2 Å². The normalized spacial score (nSPS) is 18.6. The van der Waals surface area contributed by atoms with Crippen LogP contribution in [0.25, 0.3) is 17.0 Å². The molecule has 27 heavy (non-hydrogen) atoms. The summed E-state index contributed by atoms with van der Waals surface area (Å²) in [6.45, 7) is 4.50. The van der Waals surface area contributed by atoms with Gasteiger partial charge in [0.05, 0.1) is 13.2 Å². The lowest BCUT2D eigenvalue weighted by Crippen LogP contribution is -2.47. The summed E-state index contributed by atoms with van der Waals surface area (Å²) >= 11 is 0. The van der Waals surface area contributed by atoms with Gasteiger partial charge in [0.1, 0.15) is 0 Å². The number of carbonyl (C=O) groups excluding carboxylic acids is 1. The summed E-state index contributed by atoms with van der Waals surface area (Å²) in [4.78, 5) is 14.9. The summed E-state index contributed by atoms with van der Waals surface area (Å²) in [7, 11) is 1.38. The smallest absolute Gasteiger partial charge is 0.330 e. The zero-order chi connectivity index (χ0) is 19.0. The van der Waals surface area contributed by atoms with E-state index < -0.39 is 0 Å². The van der Waals surface area contributed by atoms with Crippen molar-refractivity contribution in [2.75, 3.05) is 7.11 Å². The lowest BCUT2D eigenvalue weighted by Gasteiger charge is -2.37. The van der Waals surface area contributed by atoms with Crippen molar-refractivity contribution in [3.05, 3.63) is 77.0 Å². The third kappa shape index (κ3) is 3.40. The lowest BCUT2D eigenvalue weighted by atomic mass is 9.84. The molecular formula is C23H24N2O2. The molecule has 2 N–H and O–H groups in total. The Hall–Kier alpha value is -2.85. The molecular weight excluding hydrogens is 336 g/mol. The van der Waals surface area contributed by atoms with Gasteiger partial charge in [0.25, 0.3) is 0 Å². The third-order valence-corrected chi connectivity index (χ3v) is 5.17. The summed E-state index contributed by atoms with van der Waals surface area (Å²) < 4.78 is 4.64. The average Bonchev–Trinajstić information content (AvgIpc) is 3.03. The van der Waals surface area contributed by atoms with E-state index in [1.807, 2.05) is 12.1 Å². The first-order valence-electron chi connectivity index (χ1n) is 9.20. The number of aromatic nitrogens is 1. The topological polar surface area (TPSA) is 54.1 Å². The summed E-state index contributed by atoms with van der Waals surface area (Å²) in [5.74, 6) is -0.350. The molecule has 0 spiro atoms. The molecule has 0 fully saturated rings. The number of carbonyl (C=O) groups is 1. The predicted octanol–water partition coefficient (Wildman–Crippen LogP) is 4.37. The van der Waals surface area contributed by atoms with E-state index in [2.05, 4.69) is 65.3 Å². The number of hydrogen-bond donors (Lipinski definition) is 2. The fourth-order valence-corrected chi connectivity index (χ4v) is 3.90. The number of para-hydroxylation sites is 1. The van der Waals surface area contributed by atoms with Crippen molar-refractivity contribution >= 4 is 22.9 Å². The van der Waals surface area contributed by atoms with Crippen molar-refractivity contribution in [2.45, 2.75) is 31.8 Å². The van der Waals surface area contributed by atoms with Crippen LogP contribution in [0.2, 0.25) is 0 Å². The minimum absolute atomic E-state index is 0.00604. The molecule has 1 aliphatic rings. The van der Waals surface area contributed by atoms with Crippen molar-refractivity contribution in [2.24, 2.45) is 0 Å². The fraction of sp³-hybridized carbons (Fsp3) is 0.261. The van der Waals surface area contributed by atoms with Gasteiger partial charge in [-0.15, -0.1) is 0 Å². The first-order chi connectivity index (χ1) is 13.0. The molecule has 0 aliphatic carbocycles. The van der Waals surface area contributed by atoms with Crippen molar-refractivity contribution < 1.29 is 9.53 Å². The van der Waals surface area contributed by atoms with Crippen LogP contribution in [-0.4, -0.2) is 23.6 Å². The number of rotatable bonds is 3. The predicted molar refractivity (Wildman–Crippen MR) is 109 cm³/mol. The van der Waals surface area contributed by atoms with Gasteiger partial charge in [-0.2, -0.15) is 0 Å². The van der Waals surface area contributed by atoms with E-state index in [9.17, 15) is 4.79 Å². The number of H-pyrrole nitrogens is 1. The molecule has 0 radical (unpaired) electrons. The number of ether oxygens (including phenoxy) is 1. The molecule has 1 aromatic heterocycles. The number of methoxy groups -OCH3 is 1. The lowest BCUT2D eigenvalue weighted by molar-refractivity contribution is -0.134. The summed E-state index contributed by atoms with van der Waals surface area (Å²) in [6.07, 6.45) is 4.19. The van der Waals surface area contributed by atoms with E-state index in [4.69, 9.17) is 0 Å². The maximum absolute atomic E-state index is 11.3. The quantitative estimate of drug-likeness (QED) is 0.539. The largest absolute Gasteiger partial charge is 0.466 e. The highest BCUT2D eigenvalue weighted by atomic mass is 16.5. The van der Waals surface area contributed by atoms with Gasteiger partial charge < -0.3 is 9.72 Å². The Balaban J connectivity index is 1.72. The van der Waals surface area contributed by atoms with Crippen LogP contribution in [0.4, 0.5) is 0 Å². The van der Waals surface area contributed by atoms with Crippen molar-refractivity contribution in [1.82, 2.24) is 10.3 Å². The van der Waals surface area contributed by atoms with Crippen LogP contribution in [-0.2, 0) is 16.0 Å². The number of fused-ring (bicyclic) bond motifs is 3. The Labute approximate surface area is 159 Å². The number of esters is 1. The molecule has 0 amide bonds. The van der Waals surface area contributed by atoms with Gasteiger partial charge >= 0.3 is 5.97 Å². The number of hydrogen-bond acceptors (Lipinski definition) is 3. The maximum atomic E-state index is 11.3. The molecule has 138 valence electrons. The van der Waals surface area contributed by atoms with E-state index in [0.717, 1.165) is 12.0 Å². The molecule has 0 bridgehead atoms. The van der Waals surface area contributed by atoms with E-state index >= 15 is 0 Å². The molecule has 3 aromatic rings. The zero-order valence-corrected chi connectivity index (χ0v) is 15.9. The highest BCUT2D eigenvalue weighted by Gasteiger charge is 2.34. The highest BCUT2D eigenvalue weighted by Crippen LogP contribution is 2.38. The van der Waals surface area contributed by atoms with Gasteiger partial charge in [0.15, 0.2) is 0 Å². The maximum Gasteiger partial charge on any atom is 0.330 e. The molecule has 2 aromatic carbocycles. The van der Waals surface area contributed by atoms with Crippen LogP contribution < -0.4 is 5.32 Å². The Morgan fingerprint density at radius 1 is 1.15 bits per heavy atom. The SMILES string of the molecule is COC(=O)C=Cc1ccc(C2NC(C)(C)Cc3c2[nH]c2ccccc32)cc1. The standard InChI is InChI=1S/C23H24N2O2/c1-23(2)14-18-17-6-4-5-7-19(17)24-22(18)21(25-23)16-11-8-15(9-12-16)10-13-20(26)27-3/h4-13,21,24-25H,14H2,1-3H3. The monoisotopic (exact) mass is 360 g/mol. The van der Waals surface area contributed by atoms with E-state index in [1.54, 1.807) is 6.08 Å². The Morgan fingerprint density at radius 3 is 2.63 bits per heavy atom. The highest BCUT2D eigenvalue weighted by molar-refractivity contribution is 5.87. The second kappa shape index (κ2) is 6.71. The van der Waals surface area contributed by atoms with Crippen molar-refractivity contribution in [1.29, 1.82) is 0 Å². The molecule has 4 heteroatoms. The minimum Gasteiger partial charge on any atom is -0.466 e. The van der Waals surface area contributed by atoms with Crippen LogP contribution in [0.1, 0.15) is 42.3 Å². The van der Waals surface area contributed by atoms with Crippen molar-refractivity contribution in [3.63, 3.8) is 0 Å². The number of benzene rings is 2. The molecule has 0 saturated carbocycles. The van der Waals surface area contributed by atoms with Gasteiger partial charge in [-0.25, -0.2) is 4.79 Å². The molecule has 1 atom stereocenters. The first-order valence-corrected chi connectivity index (χ1v) is 9.20. The molecule has 1 unspecified atom stereocenters. The molecule has 4 nitrogen and oxygen atoms in total. The number of nitrogens with one attached hydrogen (secondary N) is 2. The average molecular weight is 360 g/mol. The molecule has 0 saturated heterocycles. The van der Waals surface area contributed by atoms with Crippen LogP contribution in [0.3, 0.4) is 0 Å². The molecule has 4 rings (SSSR count). The fourth-order valence-electron chi connectivity index (χ4n) is 3.90. The summed E-state index contributed by atoms with van der Waals surface area (Å²) in [5.41, 5.74) is 6.00. The van der Waals surface area contributed by atoms with Crippen LogP contribution in [0.15, 0.2) is 54.6 Å². The third-order valence-electron chi connectivity index (χ3n) is 5.17. The van der Waals surface area contributed by atoms with E-state index in [0.29, 0.717) is 0 Å². The Kier molecular flexibility index (Phi) is 4.36. The van der Waals surface area contributed by atoms with Gasteiger partial charge in [0.2, 0.25) is 0 Å². The first kappa shape index (κ1) is 17.6.